The highest BCUT2D eigenvalue weighted by atomic mass is 15.3. The maximum atomic E-state index is 6.05. The molecule has 4 heteroatoms. The normalized spacial score (nSPS) is 20.3. The molecule has 4 nitrogen and oxygen atoms in total. The number of hydrogen-bond acceptors (Lipinski definition) is 4. The van der Waals surface area contributed by atoms with Crippen molar-refractivity contribution in [3.8, 4) is 0 Å². The first-order valence-electron chi connectivity index (χ1n) is 6.48. The van der Waals surface area contributed by atoms with Crippen molar-refractivity contribution in [2.45, 2.75) is 25.8 Å². The van der Waals surface area contributed by atoms with E-state index in [1.165, 1.54) is 10.8 Å². The molecule has 2 N–H and O–H groups in total. The first kappa shape index (κ1) is 11.4. The Kier molecular flexibility index (Phi) is 2.88. The fraction of sp³-hybridized carbons (Fsp3) is 0.429. The van der Waals surface area contributed by atoms with Crippen LogP contribution in [0.1, 0.15) is 18.5 Å². The van der Waals surface area contributed by atoms with Crippen molar-refractivity contribution in [1.82, 2.24) is 10.2 Å². The summed E-state index contributed by atoms with van der Waals surface area (Å²) >= 11 is 0. The van der Waals surface area contributed by atoms with Gasteiger partial charge in [0.1, 0.15) is 0 Å². The third-order valence-corrected chi connectivity index (χ3v) is 3.61. The van der Waals surface area contributed by atoms with Gasteiger partial charge in [-0.1, -0.05) is 24.3 Å². The molecule has 1 atom stereocenters. The summed E-state index contributed by atoms with van der Waals surface area (Å²) in [5.41, 5.74) is 7.03. The van der Waals surface area contributed by atoms with E-state index in [0.717, 1.165) is 37.4 Å². The Morgan fingerprint density at radius 1 is 1.22 bits per heavy atom. The van der Waals surface area contributed by atoms with Gasteiger partial charge in [-0.15, -0.1) is 5.10 Å². The zero-order chi connectivity index (χ0) is 12.5. The Morgan fingerprint density at radius 3 is 2.78 bits per heavy atom. The molecule has 94 valence electrons. The Labute approximate surface area is 107 Å². The lowest BCUT2D eigenvalue weighted by Crippen LogP contribution is -2.43. The lowest BCUT2D eigenvalue weighted by molar-refractivity contribution is 0.503. The number of benzene rings is 1. The number of anilines is 1. The predicted molar refractivity (Wildman–Crippen MR) is 73.7 cm³/mol. The summed E-state index contributed by atoms with van der Waals surface area (Å²) in [5.74, 6) is 0.978. The molecule has 1 aromatic heterocycles. The standard InChI is InChI=1S/C14H18N4/c1-10-12-6-2-3-7-13(12)14(17-16-10)18-8-4-5-11(15)9-18/h2-3,6-7,11H,4-5,8-9,15H2,1H3/t11-/m1/s1. The number of hydrogen-bond donors (Lipinski definition) is 1. The van der Waals surface area contributed by atoms with Gasteiger partial charge in [0, 0.05) is 29.9 Å². The number of nitrogens with zero attached hydrogens (tertiary/aromatic N) is 3. The zero-order valence-electron chi connectivity index (χ0n) is 10.6. The maximum absolute atomic E-state index is 6.05. The number of rotatable bonds is 1. The fourth-order valence-corrected chi connectivity index (χ4v) is 2.66. The highest BCUT2D eigenvalue weighted by molar-refractivity contribution is 5.93. The van der Waals surface area contributed by atoms with Gasteiger partial charge >= 0.3 is 0 Å². The number of aromatic nitrogens is 2. The van der Waals surface area contributed by atoms with E-state index in [4.69, 9.17) is 5.73 Å². The molecule has 1 saturated heterocycles. The number of piperidine rings is 1. The molecule has 18 heavy (non-hydrogen) atoms. The Morgan fingerprint density at radius 2 is 2.00 bits per heavy atom. The van der Waals surface area contributed by atoms with E-state index in [-0.39, 0.29) is 6.04 Å². The number of aryl methyl sites for hydroxylation is 1. The molecule has 0 amide bonds. The van der Waals surface area contributed by atoms with Gasteiger partial charge in [-0.05, 0) is 19.8 Å². The largest absolute Gasteiger partial charge is 0.353 e. The molecular weight excluding hydrogens is 224 g/mol. The second-order valence-corrected chi connectivity index (χ2v) is 5.00. The Hall–Kier alpha value is -1.68. The van der Waals surface area contributed by atoms with Gasteiger partial charge < -0.3 is 10.6 Å². The van der Waals surface area contributed by atoms with Crippen LogP contribution in [0, 0.1) is 6.92 Å². The van der Waals surface area contributed by atoms with E-state index in [0.29, 0.717) is 0 Å². The van der Waals surface area contributed by atoms with Crippen LogP contribution in [0.25, 0.3) is 10.8 Å². The van der Waals surface area contributed by atoms with Crippen molar-refractivity contribution < 1.29 is 0 Å². The molecule has 0 spiro atoms. The van der Waals surface area contributed by atoms with Crippen LogP contribution in [-0.4, -0.2) is 29.3 Å². The van der Waals surface area contributed by atoms with Crippen LogP contribution in [0.5, 0.6) is 0 Å². The monoisotopic (exact) mass is 242 g/mol. The van der Waals surface area contributed by atoms with Crippen LogP contribution in [-0.2, 0) is 0 Å². The van der Waals surface area contributed by atoms with Gasteiger partial charge in [0.15, 0.2) is 5.82 Å². The third-order valence-electron chi connectivity index (χ3n) is 3.61. The molecule has 2 heterocycles. The summed E-state index contributed by atoms with van der Waals surface area (Å²) in [7, 11) is 0. The number of nitrogens with two attached hydrogens (primary N) is 1. The second kappa shape index (κ2) is 4.53. The van der Waals surface area contributed by atoms with Gasteiger partial charge in [0.2, 0.25) is 0 Å². The first-order chi connectivity index (χ1) is 8.75. The van der Waals surface area contributed by atoms with E-state index >= 15 is 0 Å². The third kappa shape index (κ3) is 1.93. The van der Waals surface area contributed by atoms with Crippen molar-refractivity contribution in [2.24, 2.45) is 5.73 Å². The van der Waals surface area contributed by atoms with Crippen LogP contribution >= 0.6 is 0 Å². The maximum Gasteiger partial charge on any atom is 0.159 e. The predicted octanol–water partition coefficient (Wildman–Crippen LogP) is 1.87. The SMILES string of the molecule is Cc1nnc(N2CCC[C@@H](N)C2)c2ccccc12. The van der Waals surface area contributed by atoms with Crippen LogP contribution < -0.4 is 10.6 Å². The Balaban J connectivity index is 2.09. The Bertz CT molecular complexity index is 567. The van der Waals surface area contributed by atoms with E-state index < -0.39 is 0 Å². The highest BCUT2D eigenvalue weighted by Gasteiger charge is 2.20. The lowest BCUT2D eigenvalue weighted by atomic mass is 10.1. The van der Waals surface area contributed by atoms with E-state index in [1.54, 1.807) is 0 Å². The van der Waals surface area contributed by atoms with E-state index in [2.05, 4.69) is 33.3 Å². The van der Waals surface area contributed by atoms with Crippen molar-refractivity contribution >= 4 is 16.6 Å². The van der Waals surface area contributed by atoms with Crippen molar-refractivity contribution in [3.63, 3.8) is 0 Å². The molecule has 1 fully saturated rings. The molecule has 0 unspecified atom stereocenters. The first-order valence-corrected chi connectivity index (χ1v) is 6.48. The molecule has 2 aromatic rings. The summed E-state index contributed by atoms with van der Waals surface area (Å²) < 4.78 is 0. The minimum absolute atomic E-state index is 0.251. The molecule has 1 aliphatic rings. The van der Waals surface area contributed by atoms with Gasteiger partial charge in [-0.25, -0.2) is 0 Å². The summed E-state index contributed by atoms with van der Waals surface area (Å²) in [6.45, 7) is 3.90. The van der Waals surface area contributed by atoms with Gasteiger partial charge in [0.25, 0.3) is 0 Å². The van der Waals surface area contributed by atoms with Crippen molar-refractivity contribution in [3.05, 3.63) is 30.0 Å². The molecule has 0 saturated carbocycles. The molecular formula is C14H18N4. The summed E-state index contributed by atoms with van der Waals surface area (Å²) in [4.78, 5) is 2.27. The highest BCUT2D eigenvalue weighted by Crippen LogP contribution is 2.27. The van der Waals surface area contributed by atoms with Crippen LogP contribution in [0.2, 0.25) is 0 Å². The van der Waals surface area contributed by atoms with Gasteiger partial charge in [-0.2, -0.15) is 5.10 Å². The van der Waals surface area contributed by atoms with E-state index in [9.17, 15) is 0 Å². The molecule has 1 aromatic carbocycles. The molecule has 0 bridgehead atoms. The summed E-state index contributed by atoms with van der Waals surface area (Å²) in [6, 6.07) is 8.57. The van der Waals surface area contributed by atoms with Gasteiger partial charge in [-0.3, -0.25) is 0 Å². The molecule has 0 radical (unpaired) electrons. The topological polar surface area (TPSA) is 55.0 Å². The minimum Gasteiger partial charge on any atom is -0.353 e. The number of fused-ring (bicyclic) bond motifs is 1. The summed E-state index contributed by atoms with van der Waals surface area (Å²) in [5, 5.41) is 11.0. The minimum atomic E-state index is 0.251. The zero-order valence-corrected chi connectivity index (χ0v) is 10.6. The molecule has 0 aliphatic carbocycles. The van der Waals surface area contributed by atoms with Crippen molar-refractivity contribution in [1.29, 1.82) is 0 Å². The van der Waals surface area contributed by atoms with E-state index in [1.807, 2.05) is 13.0 Å². The quantitative estimate of drug-likeness (QED) is 0.829. The molecule has 1 aliphatic heterocycles. The molecule has 3 rings (SSSR count). The van der Waals surface area contributed by atoms with Gasteiger partial charge in [0.05, 0.1) is 5.69 Å². The van der Waals surface area contributed by atoms with Crippen LogP contribution in [0.4, 0.5) is 5.82 Å². The second-order valence-electron chi connectivity index (χ2n) is 5.00. The van der Waals surface area contributed by atoms with Crippen LogP contribution in [0.3, 0.4) is 0 Å². The van der Waals surface area contributed by atoms with Crippen LogP contribution in [0.15, 0.2) is 24.3 Å². The lowest BCUT2D eigenvalue weighted by Gasteiger charge is -2.32. The average molecular weight is 242 g/mol. The van der Waals surface area contributed by atoms with Crippen molar-refractivity contribution in [2.75, 3.05) is 18.0 Å². The summed E-state index contributed by atoms with van der Waals surface area (Å²) in [6.07, 6.45) is 2.23. The fourth-order valence-electron chi connectivity index (χ4n) is 2.66. The average Bonchev–Trinajstić information content (AvgIpc) is 2.39. The smallest absolute Gasteiger partial charge is 0.159 e.